The second kappa shape index (κ2) is 4.81. The molecule has 2 fully saturated rings. The molecule has 1 amide bonds. The van der Waals surface area contributed by atoms with Gasteiger partial charge in [-0.15, -0.1) is 0 Å². The standard InChI is InChI=1S/C18H24N4O/c1-10-6-5-7-11-15(10)22(4)21-16(11)18(2,3)20-17(23)14-12-8-19-9-13(12)14/h5-7,12-14,19H,8-9H2,1-4H3,(H,20,23)/t12-,13+,14?. The van der Waals surface area contributed by atoms with E-state index in [4.69, 9.17) is 5.10 Å². The maximum Gasteiger partial charge on any atom is 0.224 e. The zero-order valence-electron chi connectivity index (χ0n) is 14.2. The van der Waals surface area contributed by atoms with Crippen molar-refractivity contribution in [1.82, 2.24) is 20.4 Å². The maximum absolute atomic E-state index is 12.6. The lowest BCUT2D eigenvalue weighted by molar-refractivity contribution is -0.124. The molecule has 0 spiro atoms. The Bertz CT molecular complexity index is 782. The fraction of sp³-hybridized carbons (Fsp3) is 0.556. The summed E-state index contributed by atoms with van der Waals surface area (Å²) in [4.78, 5) is 12.6. The smallest absolute Gasteiger partial charge is 0.224 e. The van der Waals surface area contributed by atoms with Crippen LogP contribution in [0.3, 0.4) is 0 Å². The zero-order valence-corrected chi connectivity index (χ0v) is 14.2. The molecule has 0 radical (unpaired) electrons. The molecule has 5 heteroatoms. The number of amides is 1. The molecule has 1 unspecified atom stereocenters. The molecule has 5 nitrogen and oxygen atoms in total. The van der Waals surface area contributed by atoms with Crippen molar-refractivity contribution < 1.29 is 4.79 Å². The molecule has 1 saturated heterocycles. The molecule has 23 heavy (non-hydrogen) atoms. The Balaban J connectivity index is 1.64. The molecule has 1 saturated carbocycles. The van der Waals surface area contributed by atoms with Crippen LogP contribution in [-0.2, 0) is 17.4 Å². The molecule has 3 atom stereocenters. The summed E-state index contributed by atoms with van der Waals surface area (Å²) in [6, 6.07) is 6.24. The SMILES string of the molecule is Cc1cccc2c(C(C)(C)NC(=O)C3[C@H]4CNC[C@@H]34)nn(C)c12. The van der Waals surface area contributed by atoms with Crippen LogP contribution in [0.5, 0.6) is 0 Å². The summed E-state index contributed by atoms with van der Waals surface area (Å²) >= 11 is 0. The van der Waals surface area contributed by atoms with Gasteiger partial charge in [0.05, 0.1) is 16.7 Å². The van der Waals surface area contributed by atoms with Gasteiger partial charge in [0.15, 0.2) is 0 Å². The predicted octanol–water partition coefficient (Wildman–Crippen LogP) is 1.70. The Morgan fingerprint density at radius 2 is 2.04 bits per heavy atom. The van der Waals surface area contributed by atoms with Crippen LogP contribution in [0, 0.1) is 24.7 Å². The minimum atomic E-state index is -0.477. The Hall–Kier alpha value is -1.88. The second-order valence-corrected chi connectivity index (χ2v) is 7.57. The van der Waals surface area contributed by atoms with Crippen molar-refractivity contribution in [2.24, 2.45) is 24.8 Å². The summed E-state index contributed by atoms with van der Waals surface area (Å²) in [5, 5.41) is 12.4. The van der Waals surface area contributed by atoms with Crippen LogP contribution in [0.25, 0.3) is 10.9 Å². The average molecular weight is 312 g/mol. The number of nitrogens with zero attached hydrogens (tertiary/aromatic N) is 2. The minimum absolute atomic E-state index is 0.179. The lowest BCUT2D eigenvalue weighted by Gasteiger charge is -2.25. The summed E-state index contributed by atoms with van der Waals surface area (Å²) < 4.78 is 1.92. The van der Waals surface area contributed by atoms with E-state index < -0.39 is 5.54 Å². The van der Waals surface area contributed by atoms with Gasteiger partial charge in [-0.25, -0.2) is 0 Å². The molecule has 1 aliphatic carbocycles. The number of fused-ring (bicyclic) bond motifs is 2. The number of piperidine rings is 1. The Morgan fingerprint density at radius 1 is 1.35 bits per heavy atom. The predicted molar refractivity (Wildman–Crippen MR) is 90.0 cm³/mol. The van der Waals surface area contributed by atoms with Crippen LogP contribution < -0.4 is 10.6 Å². The number of para-hydroxylation sites is 1. The van der Waals surface area contributed by atoms with E-state index >= 15 is 0 Å². The van der Waals surface area contributed by atoms with E-state index in [-0.39, 0.29) is 11.8 Å². The maximum atomic E-state index is 12.6. The molecule has 4 rings (SSSR count). The summed E-state index contributed by atoms with van der Waals surface area (Å²) in [6.07, 6.45) is 0. The van der Waals surface area contributed by atoms with Crippen LogP contribution in [0.15, 0.2) is 18.2 Å². The van der Waals surface area contributed by atoms with Gasteiger partial charge >= 0.3 is 0 Å². The lowest BCUT2D eigenvalue weighted by atomic mass is 9.96. The molecular weight excluding hydrogens is 288 g/mol. The quantitative estimate of drug-likeness (QED) is 0.907. The number of benzene rings is 1. The second-order valence-electron chi connectivity index (χ2n) is 7.57. The summed E-state index contributed by atoms with van der Waals surface area (Å²) in [5.74, 6) is 1.44. The van der Waals surface area contributed by atoms with Gasteiger partial charge in [-0.2, -0.15) is 5.10 Å². The molecule has 2 aromatic rings. The lowest BCUT2D eigenvalue weighted by Crippen LogP contribution is -2.43. The van der Waals surface area contributed by atoms with E-state index in [1.54, 1.807) is 0 Å². The van der Waals surface area contributed by atoms with Crippen molar-refractivity contribution in [2.45, 2.75) is 26.3 Å². The fourth-order valence-electron chi connectivity index (χ4n) is 4.25. The molecule has 1 aliphatic heterocycles. The van der Waals surface area contributed by atoms with E-state index in [9.17, 15) is 4.79 Å². The third-order valence-electron chi connectivity index (χ3n) is 5.49. The number of hydrogen-bond acceptors (Lipinski definition) is 3. The largest absolute Gasteiger partial charge is 0.345 e. The van der Waals surface area contributed by atoms with Crippen LogP contribution in [0.2, 0.25) is 0 Å². The van der Waals surface area contributed by atoms with Gasteiger partial charge in [0, 0.05) is 18.4 Å². The molecule has 0 bridgehead atoms. The third-order valence-corrected chi connectivity index (χ3v) is 5.49. The first-order valence-electron chi connectivity index (χ1n) is 8.35. The van der Waals surface area contributed by atoms with E-state index in [0.717, 1.165) is 29.7 Å². The number of rotatable bonds is 3. The fourth-order valence-corrected chi connectivity index (χ4v) is 4.25. The van der Waals surface area contributed by atoms with Gasteiger partial charge in [0.2, 0.25) is 5.91 Å². The summed E-state index contributed by atoms with van der Waals surface area (Å²) in [6.45, 7) is 8.15. The van der Waals surface area contributed by atoms with Gasteiger partial charge in [-0.1, -0.05) is 18.2 Å². The topological polar surface area (TPSA) is 59.0 Å². The van der Waals surface area contributed by atoms with Crippen LogP contribution >= 0.6 is 0 Å². The van der Waals surface area contributed by atoms with E-state index in [0.29, 0.717) is 11.8 Å². The molecule has 2 N–H and O–H groups in total. The highest BCUT2D eigenvalue weighted by Gasteiger charge is 2.57. The normalized spacial score (nSPS) is 26.3. The van der Waals surface area contributed by atoms with Gasteiger partial charge < -0.3 is 10.6 Å². The van der Waals surface area contributed by atoms with Gasteiger partial charge in [-0.05, 0) is 51.3 Å². The van der Waals surface area contributed by atoms with Gasteiger partial charge in [-0.3, -0.25) is 9.48 Å². The number of carbonyl (C=O) groups excluding carboxylic acids is 1. The van der Waals surface area contributed by atoms with E-state index in [1.165, 1.54) is 5.56 Å². The summed E-state index contributed by atoms with van der Waals surface area (Å²) in [7, 11) is 1.97. The number of carbonyl (C=O) groups is 1. The Kier molecular flexibility index (Phi) is 3.07. The highest BCUT2D eigenvalue weighted by molar-refractivity contribution is 5.88. The number of nitrogens with one attached hydrogen (secondary N) is 2. The molecule has 1 aromatic carbocycles. The number of hydrogen-bond donors (Lipinski definition) is 2. The van der Waals surface area contributed by atoms with Crippen molar-refractivity contribution in [3.8, 4) is 0 Å². The van der Waals surface area contributed by atoms with E-state index in [1.807, 2.05) is 25.6 Å². The van der Waals surface area contributed by atoms with Crippen molar-refractivity contribution in [3.63, 3.8) is 0 Å². The van der Waals surface area contributed by atoms with Crippen LogP contribution in [0.1, 0.15) is 25.1 Å². The minimum Gasteiger partial charge on any atom is -0.345 e. The third kappa shape index (κ3) is 2.17. The van der Waals surface area contributed by atoms with Crippen molar-refractivity contribution in [3.05, 3.63) is 29.5 Å². The number of aromatic nitrogens is 2. The Morgan fingerprint density at radius 3 is 2.74 bits per heavy atom. The number of aryl methyl sites for hydroxylation is 2. The Labute approximate surface area is 136 Å². The van der Waals surface area contributed by atoms with E-state index in [2.05, 4.69) is 35.8 Å². The monoisotopic (exact) mass is 312 g/mol. The molecular formula is C18H24N4O. The van der Waals surface area contributed by atoms with Crippen molar-refractivity contribution in [1.29, 1.82) is 0 Å². The molecule has 1 aromatic heterocycles. The first-order chi connectivity index (χ1) is 10.9. The first-order valence-corrected chi connectivity index (χ1v) is 8.35. The molecule has 2 heterocycles. The van der Waals surface area contributed by atoms with Gasteiger partial charge in [0.25, 0.3) is 0 Å². The van der Waals surface area contributed by atoms with Gasteiger partial charge in [0.1, 0.15) is 0 Å². The highest BCUT2D eigenvalue weighted by Crippen LogP contribution is 2.49. The molecule has 122 valence electrons. The van der Waals surface area contributed by atoms with Crippen molar-refractivity contribution >= 4 is 16.8 Å². The van der Waals surface area contributed by atoms with Crippen LogP contribution in [-0.4, -0.2) is 28.8 Å². The zero-order chi connectivity index (χ0) is 16.4. The van der Waals surface area contributed by atoms with Crippen LogP contribution in [0.4, 0.5) is 0 Å². The highest BCUT2D eigenvalue weighted by atomic mass is 16.2. The first kappa shape index (κ1) is 14.7. The average Bonchev–Trinajstić information content (AvgIpc) is 2.81. The summed E-state index contributed by atoms with van der Waals surface area (Å²) in [5.41, 5.74) is 2.80. The molecule has 2 aliphatic rings. The van der Waals surface area contributed by atoms with Crippen molar-refractivity contribution in [2.75, 3.05) is 13.1 Å².